The van der Waals surface area contributed by atoms with Gasteiger partial charge in [-0.25, -0.2) is 23.1 Å². The van der Waals surface area contributed by atoms with E-state index in [4.69, 9.17) is 14.8 Å². The summed E-state index contributed by atoms with van der Waals surface area (Å²) in [5.41, 5.74) is 4.06. The molecule has 4 fully saturated rings. The third kappa shape index (κ3) is 8.58. The summed E-state index contributed by atoms with van der Waals surface area (Å²) in [5, 5.41) is 17.8. The van der Waals surface area contributed by atoms with Crippen molar-refractivity contribution in [3.8, 4) is 11.1 Å². The fourth-order valence-electron chi connectivity index (χ4n) is 9.81. The van der Waals surface area contributed by atoms with Crippen molar-refractivity contribution in [3.63, 3.8) is 0 Å². The average Bonchev–Trinajstić information content (AvgIpc) is 3.76. The van der Waals surface area contributed by atoms with Gasteiger partial charge in [0, 0.05) is 36.8 Å². The largest absolute Gasteiger partial charge is 0.466 e. The van der Waals surface area contributed by atoms with E-state index in [0.717, 1.165) is 51.3 Å². The van der Waals surface area contributed by atoms with Crippen molar-refractivity contribution in [2.45, 2.75) is 91.5 Å². The number of fused-ring (bicyclic) bond motifs is 1. The van der Waals surface area contributed by atoms with Crippen molar-refractivity contribution in [3.05, 3.63) is 65.6 Å². The summed E-state index contributed by atoms with van der Waals surface area (Å²) in [4.78, 5) is 36.9. The van der Waals surface area contributed by atoms with Crippen molar-refractivity contribution in [2.24, 2.45) is 23.2 Å². The number of unbranched alkanes of at least 4 members (excludes halogenated alkanes) is 2. The maximum atomic E-state index is 14.1. The first-order valence-electron chi connectivity index (χ1n) is 20.3. The predicted molar refractivity (Wildman–Crippen MR) is 225 cm³/mol. The number of aromatic nitrogens is 6. The highest BCUT2D eigenvalue weighted by Crippen LogP contribution is 2.60. The number of benzene rings is 1. The average molecular weight is 826 g/mol. The Morgan fingerprint density at radius 2 is 1.69 bits per heavy atom. The molecule has 1 amide bonds. The van der Waals surface area contributed by atoms with Crippen molar-refractivity contribution in [1.82, 2.24) is 34.7 Å². The zero-order valence-corrected chi connectivity index (χ0v) is 35.2. The van der Waals surface area contributed by atoms with E-state index in [1.165, 1.54) is 49.9 Å². The Morgan fingerprint density at radius 1 is 0.948 bits per heavy atom. The molecule has 306 valence electrons. The summed E-state index contributed by atoms with van der Waals surface area (Å²) in [6.07, 6.45) is 11.1. The van der Waals surface area contributed by atoms with E-state index < -0.39 is 15.9 Å². The normalized spacial score (nSPS) is 21.0. The van der Waals surface area contributed by atoms with Crippen molar-refractivity contribution in [2.75, 3.05) is 29.6 Å². The molecular weight excluding hydrogens is 775 g/mol. The molecule has 4 saturated carbocycles. The number of nitrogens with zero attached hydrogens (tertiary/aromatic N) is 7. The molecule has 14 nitrogen and oxygen atoms in total. The Morgan fingerprint density at radius 3 is 2.40 bits per heavy atom. The highest BCUT2D eigenvalue weighted by molar-refractivity contribution is 7.90. The number of carbonyl (C=O) groups is 2. The second-order valence-corrected chi connectivity index (χ2v) is 19.4. The Labute approximate surface area is 343 Å². The third-order valence-corrected chi connectivity index (χ3v) is 14.4. The van der Waals surface area contributed by atoms with Crippen LogP contribution < -0.4 is 14.9 Å². The molecule has 4 aromatic heterocycles. The number of esters is 1. The quantitative estimate of drug-likeness (QED) is 0.0729. The Kier molecular flexibility index (Phi) is 11.2. The molecule has 16 heteroatoms. The minimum absolute atomic E-state index is 0.0357. The Hall–Kier alpha value is -4.96. The molecule has 4 bridgehead atoms. The van der Waals surface area contributed by atoms with Gasteiger partial charge in [0.2, 0.25) is 10.0 Å². The number of sulfonamides is 1. The number of rotatable bonds is 16. The van der Waals surface area contributed by atoms with Crippen LogP contribution in [0.25, 0.3) is 21.3 Å². The fraction of sp³-hybridized carbons (Fsp3) is 0.500. The number of ether oxygens (including phenoxy) is 1. The van der Waals surface area contributed by atoms with E-state index >= 15 is 0 Å². The molecule has 1 aromatic carbocycles. The van der Waals surface area contributed by atoms with E-state index in [9.17, 15) is 18.0 Å². The van der Waals surface area contributed by atoms with Gasteiger partial charge in [-0.2, -0.15) is 5.10 Å². The van der Waals surface area contributed by atoms with Gasteiger partial charge in [0.1, 0.15) is 11.5 Å². The number of thiazole rings is 1. The van der Waals surface area contributed by atoms with Crippen molar-refractivity contribution >= 4 is 66.0 Å². The molecule has 0 saturated heterocycles. The molecule has 4 aliphatic carbocycles. The summed E-state index contributed by atoms with van der Waals surface area (Å²) in [7, 11) is -2.26. The smallest absolute Gasteiger partial charge is 0.305 e. The van der Waals surface area contributed by atoms with Crippen LogP contribution in [-0.2, 0) is 26.1 Å². The second kappa shape index (κ2) is 16.4. The van der Waals surface area contributed by atoms with Crippen LogP contribution in [0.1, 0.15) is 92.9 Å². The lowest BCUT2D eigenvalue weighted by Gasteiger charge is -2.56. The second-order valence-electron chi connectivity index (χ2n) is 16.6. The van der Waals surface area contributed by atoms with E-state index in [1.807, 2.05) is 44.2 Å². The minimum Gasteiger partial charge on any atom is -0.466 e. The molecule has 4 heterocycles. The molecule has 0 spiro atoms. The first-order valence-corrected chi connectivity index (χ1v) is 22.8. The molecule has 58 heavy (non-hydrogen) atoms. The van der Waals surface area contributed by atoms with Crippen LogP contribution in [0.2, 0.25) is 0 Å². The van der Waals surface area contributed by atoms with Gasteiger partial charge in [-0.1, -0.05) is 29.9 Å². The summed E-state index contributed by atoms with van der Waals surface area (Å²) < 4.78 is 36.9. The lowest BCUT2D eigenvalue weighted by atomic mass is 9.49. The third-order valence-electron chi connectivity index (χ3n) is 12.2. The minimum atomic E-state index is -4.03. The Bertz CT molecular complexity index is 2380. The van der Waals surface area contributed by atoms with Crippen LogP contribution in [0.5, 0.6) is 0 Å². The highest BCUT2D eigenvalue weighted by atomic mass is 32.2. The Balaban J connectivity index is 1.04. The van der Waals surface area contributed by atoms with Crippen molar-refractivity contribution < 1.29 is 22.7 Å². The van der Waals surface area contributed by atoms with E-state index in [-0.39, 0.29) is 35.7 Å². The van der Waals surface area contributed by atoms with Crippen LogP contribution in [0.15, 0.2) is 48.7 Å². The predicted octanol–water partition coefficient (Wildman–Crippen LogP) is 7.87. The van der Waals surface area contributed by atoms with Gasteiger partial charge < -0.3 is 15.0 Å². The van der Waals surface area contributed by atoms with Crippen LogP contribution in [0, 0.1) is 37.0 Å². The number of amides is 1. The first-order chi connectivity index (χ1) is 27.9. The lowest BCUT2D eigenvalue weighted by Crippen LogP contribution is -2.48. The van der Waals surface area contributed by atoms with Gasteiger partial charge in [-0.3, -0.25) is 14.3 Å². The van der Waals surface area contributed by atoms with Gasteiger partial charge in [0.05, 0.1) is 28.8 Å². The van der Waals surface area contributed by atoms with Gasteiger partial charge in [-0.15, -0.1) is 10.2 Å². The molecule has 0 radical (unpaired) electrons. The molecule has 2 N–H and O–H groups in total. The molecule has 9 rings (SSSR count). The van der Waals surface area contributed by atoms with Crippen LogP contribution in [0.4, 0.5) is 22.6 Å². The fourth-order valence-corrected chi connectivity index (χ4v) is 11.7. The zero-order chi connectivity index (χ0) is 40.6. The monoisotopic (exact) mass is 825 g/mol. The molecular formula is C42H51N9O5S2. The number of nitrogens with one attached hydrogen (secondary N) is 2. The van der Waals surface area contributed by atoms with Crippen LogP contribution in [0.3, 0.4) is 0 Å². The molecule has 4 aliphatic rings. The highest BCUT2D eigenvalue weighted by Gasteiger charge is 2.51. The lowest BCUT2D eigenvalue weighted by molar-refractivity contribution is -0.143. The SMILES string of the molecule is CCOC(=O)CCCCCS(=O)(=O)NC(=O)c1nc(N(C)c2cc(C)c(Nc3nc4ccccc4s3)nn2)ccc1-c1cnn(CC23CC4CC(CC(C4)C2)C3)c1C. The molecule has 0 aliphatic heterocycles. The maximum Gasteiger partial charge on any atom is 0.305 e. The number of hydrogen-bond donors (Lipinski definition) is 2. The summed E-state index contributed by atoms with van der Waals surface area (Å²) >= 11 is 1.53. The zero-order valence-electron chi connectivity index (χ0n) is 33.5. The standard InChI is InChI=1S/C42H51N9O5S2/c1-5-56-37(52)13-7-6-10-16-58(54,55)49-40(53)38-31(32-24-43-51(27(32)3)25-42-21-28-18-29(22-42)20-30(19-28)23-42)14-15-35(45-38)50(4)36-17-26(2)39(48-47-36)46-41-44-33-11-8-9-12-34(33)57-41/h8-9,11-12,14-15,17,24,28-30H,5-7,10,13,16,18-23,25H2,1-4H3,(H,49,53)(H,44,46,48). The van der Waals surface area contributed by atoms with Crippen molar-refractivity contribution in [1.29, 1.82) is 0 Å². The molecule has 5 aromatic rings. The van der Waals surface area contributed by atoms with E-state index in [0.29, 0.717) is 47.6 Å². The number of pyridine rings is 1. The summed E-state index contributed by atoms with van der Waals surface area (Å²) in [6, 6.07) is 13.4. The van der Waals surface area contributed by atoms with E-state index in [1.54, 1.807) is 37.2 Å². The van der Waals surface area contributed by atoms with Crippen LogP contribution >= 0.6 is 11.3 Å². The number of carbonyl (C=O) groups excluding carboxylic acids is 2. The van der Waals surface area contributed by atoms with Gasteiger partial charge >= 0.3 is 5.97 Å². The number of hydrogen-bond acceptors (Lipinski definition) is 13. The maximum absolute atomic E-state index is 14.1. The topological polar surface area (TPSA) is 174 Å². The first kappa shape index (κ1) is 39.8. The van der Waals surface area contributed by atoms with Gasteiger partial charge in [-0.05, 0) is 131 Å². The van der Waals surface area contributed by atoms with Crippen LogP contribution in [-0.4, -0.2) is 69.6 Å². The number of anilines is 4. The summed E-state index contributed by atoms with van der Waals surface area (Å²) in [6.45, 7) is 6.82. The number of para-hydroxylation sites is 1. The van der Waals surface area contributed by atoms with Gasteiger partial charge in [0.15, 0.2) is 16.8 Å². The summed E-state index contributed by atoms with van der Waals surface area (Å²) in [5.74, 6) is 2.44. The van der Waals surface area contributed by atoms with Gasteiger partial charge in [0.25, 0.3) is 5.91 Å². The molecule has 0 unspecified atom stereocenters. The molecule has 0 atom stereocenters. The van der Waals surface area contributed by atoms with E-state index in [2.05, 4.69) is 29.9 Å². The number of aryl methyl sites for hydroxylation is 1.